The van der Waals surface area contributed by atoms with Gasteiger partial charge in [-0.2, -0.15) is 17.6 Å². The number of hydrogen-bond donors (Lipinski definition) is 0. The lowest BCUT2D eigenvalue weighted by molar-refractivity contribution is -0.188. The predicted molar refractivity (Wildman–Crippen MR) is 158 cm³/mol. The molecule has 224 valence electrons. The highest BCUT2D eigenvalue weighted by Gasteiger charge is 2.38. The molecule has 0 amide bonds. The van der Waals surface area contributed by atoms with E-state index in [4.69, 9.17) is 9.47 Å². The molecule has 0 saturated heterocycles. The van der Waals surface area contributed by atoms with Gasteiger partial charge in [0.25, 0.3) is 0 Å². The molecule has 0 spiro atoms. The molecule has 41 heavy (non-hydrogen) atoms. The molecule has 0 aromatic heterocycles. The molecule has 0 radical (unpaired) electrons. The van der Waals surface area contributed by atoms with Crippen molar-refractivity contribution in [2.24, 2.45) is 0 Å². The average molecular weight is 573 g/mol. The van der Waals surface area contributed by atoms with Crippen molar-refractivity contribution in [3.8, 4) is 11.5 Å². The number of benzene rings is 3. The second-order valence-electron chi connectivity index (χ2n) is 10.8. The van der Waals surface area contributed by atoms with Crippen LogP contribution in [0.15, 0.2) is 72.8 Å². The lowest BCUT2D eigenvalue weighted by Gasteiger charge is -2.21. The molecule has 3 aromatic rings. The molecule has 0 aliphatic carbocycles. The highest BCUT2D eigenvalue weighted by atomic mass is 19.3. The van der Waals surface area contributed by atoms with E-state index in [2.05, 4.69) is 13.8 Å². The number of aryl methyl sites for hydroxylation is 2. The molecular weight excluding hydrogens is 528 g/mol. The molecule has 2 nitrogen and oxygen atoms in total. The Bertz CT molecular complexity index is 1130. The van der Waals surface area contributed by atoms with Crippen molar-refractivity contribution in [3.05, 3.63) is 95.1 Å². The Labute approximate surface area is 243 Å². The van der Waals surface area contributed by atoms with Crippen molar-refractivity contribution in [3.63, 3.8) is 0 Å². The van der Waals surface area contributed by atoms with Gasteiger partial charge < -0.3 is 9.47 Å². The van der Waals surface area contributed by atoms with Crippen LogP contribution in [-0.4, -0.2) is 0 Å². The van der Waals surface area contributed by atoms with E-state index in [-0.39, 0.29) is 11.5 Å². The number of ether oxygens (including phenoxy) is 2. The van der Waals surface area contributed by atoms with Gasteiger partial charge in [0.15, 0.2) is 0 Å². The molecule has 0 aliphatic rings. The zero-order chi connectivity index (χ0) is 29.6. The summed E-state index contributed by atoms with van der Waals surface area (Å²) >= 11 is 0. The minimum Gasteiger partial charge on any atom is -0.429 e. The largest absolute Gasteiger partial charge is 0.429 e. The van der Waals surface area contributed by atoms with Gasteiger partial charge in [-0.05, 0) is 85.3 Å². The van der Waals surface area contributed by atoms with Gasteiger partial charge in [-0.25, -0.2) is 0 Å². The normalized spacial score (nSPS) is 12.0. The number of rotatable bonds is 19. The van der Waals surface area contributed by atoms with Crippen molar-refractivity contribution in [1.29, 1.82) is 0 Å². The second-order valence-corrected chi connectivity index (χ2v) is 10.8. The monoisotopic (exact) mass is 572 g/mol. The Morgan fingerprint density at radius 2 is 0.756 bits per heavy atom. The summed E-state index contributed by atoms with van der Waals surface area (Å²) < 4.78 is 69.1. The van der Waals surface area contributed by atoms with Crippen molar-refractivity contribution >= 4 is 0 Å². The first kappa shape index (κ1) is 32.5. The molecule has 0 atom stereocenters. The summed E-state index contributed by atoms with van der Waals surface area (Å²) in [5, 5.41) is 0. The van der Waals surface area contributed by atoms with Crippen molar-refractivity contribution in [1.82, 2.24) is 0 Å². The third-order valence-electron chi connectivity index (χ3n) is 7.28. The van der Waals surface area contributed by atoms with Crippen LogP contribution in [0.4, 0.5) is 17.6 Å². The molecule has 0 heterocycles. The van der Waals surface area contributed by atoms with Crippen LogP contribution >= 0.6 is 0 Å². The summed E-state index contributed by atoms with van der Waals surface area (Å²) in [6.07, 6.45) is 7.39. The zero-order valence-electron chi connectivity index (χ0n) is 24.4. The van der Waals surface area contributed by atoms with Crippen LogP contribution in [-0.2, 0) is 25.1 Å². The van der Waals surface area contributed by atoms with E-state index in [1.165, 1.54) is 69.2 Å². The molecule has 0 bridgehead atoms. The van der Waals surface area contributed by atoms with Crippen LogP contribution in [0.1, 0.15) is 107 Å². The fourth-order valence-electron chi connectivity index (χ4n) is 4.76. The first-order valence-corrected chi connectivity index (χ1v) is 15.2. The first-order chi connectivity index (χ1) is 19.7. The predicted octanol–water partition coefficient (Wildman–Crippen LogP) is 11.4. The number of alkyl halides is 4. The number of halogens is 4. The third-order valence-corrected chi connectivity index (χ3v) is 7.28. The minimum atomic E-state index is -3.68. The second kappa shape index (κ2) is 16.4. The average Bonchev–Trinajstić information content (AvgIpc) is 2.96. The maximum absolute atomic E-state index is 14.8. The Balaban J connectivity index is 1.51. The topological polar surface area (TPSA) is 18.5 Å². The van der Waals surface area contributed by atoms with Crippen LogP contribution < -0.4 is 9.47 Å². The maximum atomic E-state index is 14.8. The van der Waals surface area contributed by atoms with E-state index >= 15 is 0 Å². The lowest BCUT2D eigenvalue weighted by Crippen LogP contribution is -2.24. The van der Waals surface area contributed by atoms with Gasteiger partial charge >= 0.3 is 12.2 Å². The highest BCUT2D eigenvalue weighted by molar-refractivity contribution is 5.32. The van der Waals surface area contributed by atoms with Gasteiger partial charge in [-0.15, -0.1) is 0 Å². The zero-order valence-corrected chi connectivity index (χ0v) is 24.4. The first-order valence-electron chi connectivity index (χ1n) is 15.2. The van der Waals surface area contributed by atoms with E-state index < -0.39 is 23.3 Å². The summed E-state index contributed by atoms with van der Waals surface area (Å²) in [6, 6.07) is 17.0. The van der Waals surface area contributed by atoms with Gasteiger partial charge in [-0.1, -0.05) is 95.9 Å². The Morgan fingerprint density at radius 1 is 0.439 bits per heavy atom. The molecule has 0 aliphatic heterocycles. The Morgan fingerprint density at radius 3 is 1.10 bits per heavy atom. The van der Waals surface area contributed by atoms with E-state index in [9.17, 15) is 17.6 Å². The van der Waals surface area contributed by atoms with Gasteiger partial charge in [-0.3, -0.25) is 0 Å². The molecule has 3 rings (SSSR count). The van der Waals surface area contributed by atoms with Crippen LogP contribution in [0.3, 0.4) is 0 Å². The molecular formula is C35H44F4O2. The molecule has 6 heteroatoms. The van der Waals surface area contributed by atoms with E-state index in [1.54, 1.807) is 24.3 Å². The summed E-state index contributed by atoms with van der Waals surface area (Å²) in [5.74, 6) is 0.0336. The molecule has 0 saturated carbocycles. The lowest BCUT2D eigenvalue weighted by atomic mass is 10.0. The highest BCUT2D eigenvalue weighted by Crippen LogP contribution is 2.36. The quantitative estimate of drug-likeness (QED) is 0.105. The van der Waals surface area contributed by atoms with Gasteiger partial charge in [0, 0.05) is 0 Å². The Kier molecular flexibility index (Phi) is 13.0. The van der Waals surface area contributed by atoms with Crippen LogP contribution in [0.25, 0.3) is 0 Å². The minimum absolute atomic E-state index is 0.0161. The standard InChI is InChI=1S/C35H44F4O2/c1-3-5-7-9-11-13-15-29-18-26-33(27-19-29)41-35(38,39)31-22-20-30(21-23-31)34(36,37)40-32-24-16-28(17-25-32)14-12-10-8-6-4-2/h16-27H,3-15H2,1-2H3. The van der Waals surface area contributed by atoms with Crippen molar-refractivity contribution < 1.29 is 27.0 Å². The van der Waals surface area contributed by atoms with Crippen LogP contribution in [0.5, 0.6) is 11.5 Å². The number of unbranched alkanes of at least 4 members (excludes halogenated alkanes) is 9. The van der Waals surface area contributed by atoms with E-state index in [0.29, 0.717) is 0 Å². The van der Waals surface area contributed by atoms with Crippen LogP contribution in [0.2, 0.25) is 0 Å². The summed E-state index contributed by atoms with van der Waals surface area (Å²) in [6.45, 7) is 4.36. The summed E-state index contributed by atoms with van der Waals surface area (Å²) in [5.41, 5.74) is 1.10. The molecule has 0 unspecified atom stereocenters. The van der Waals surface area contributed by atoms with E-state index in [1.807, 2.05) is 0 Å². The van der Waals surface area contributed by atoms with Gasteiger partial charge in [0.05, 0.1) is 11.1 Å². The van der Waals surface area contributed by atoms with E-state index in [0.717, 1.165) is 73.9 Å². The molecule has 0 N–H and O–H groups in total. The smallest absolute Gasteiger partial charge is 0.426 e. The van der Waals surface area contributed by atoms with Gasteiger partial charge in [0.2, 0.25) is 0 Å². The van der Waals surface area contributed by atoms with Crippen molar-refractivity contribution in [2.75, 3.05) is 0 Å². The summed E-state index contributed by atoms with van der Waals surface area (Å²) in [7, 11) is 0. The maximum Gasteiger partial charge on any atom is 0.426 e. The Hall–Kier alpha value is -3.02. The third kappa shape index (κ3) is 11.1. The molecule has 3 aromatic carbocycles. The van der Waals surface area contributed by atoms with Gasteiger partial charge in [0.1, 0.15) is 11.5 Å². The summed E-state index contributed by atoms with van der Waals surface area (Å²) in [4.78, 5) is 0. The SMILES string of the molecule is CCCCCCCCc1ccc(OC(F)(F)c2ccc(C(F)(F)Oc3ccc(CCCCCCC)cc3)cc2)cc1. The number of hydrogen-bond acceptors (Lipinski definition) is 2. The fourth-order valence-corrected chi connectivity index (χ4v) is 4.76. The fraction of sp³-hybridized carbons (Fsp3) is 0.486. The van der Waals surface area contributed by atoms with Crippen LogP contribution in [0, 0.1) is 0 Å². The van der Waals surface area contributed by atoms with Crippen molar-refractivity contribution in [2.45, 2.75) is 110 Å². The molecule has 0 fully saturated rings.